The average molecular weight is 265 g/mol. The summed E-state index contributed by atoms with van der Waals surface area (Å²) in [6, 6.07) is 6.49. The van der Waals surface area contributed by atoms with Crippen molar-refractivity contribution in [3.8, 4) is 0 Å². The number of carboxylic acid groups (broad SMARTS) is 1. The first-order valence-corrected chi connectivity index (χ1v) is 5.98. The zero-order valence-corrected chi connectivity index (χ0v) is 11.1. The maximum atomic E-state index is 12.0. The second-order valence-corrected chi connectivity index (χ2v) is 4.42. The maximum absolute atomic E-state index is 12.0. The molecule has 0 fully saturated rings. The summed E-state index contributed by atoms with van der Waals surface area (Å²) < 4.78 is 0. The van der Waals surface area contributed by atoms with Crippen molar-refractivity contribution in [2.75, 3.05) is 24.6 Å². The number of carboxylic acids is 1. The van der Waals surface area contributed by atoms with E-state index >= 15 is 0 Å². The SMILES string of the molecule is CC(C(=O)Nc1cccc(N)c1)N(C)CCC(=O)O. The molecule has 0 aliphatic rings. The number of nitrogens with zero attached hydrogens (tertiary/aromatic N) is 1. The van der Waals surface area contributed by atoms with Gasteiger partial charge in [-0.15, -0.1) is 0 Å². The van der Waals surface area contributed by atoms with Crippen LogP contribution in [0.15, 0.2) is 24.3 Å². The Morgan fingerprint density at radius 3 is 2.74 bits per heavy atom. The van der Waals surface area contributed by atoms with E-state index < -0.39 is 12.0 Å². The van der Waals surface area contributed by atoms with E-state index in [0.29, 0.717) is 17.9 Å². The number of carbonyl (C=O) groups excluding carboxylic acids is 1. The van der Waals surface area contributed by atoms with Crippen molar-refractivity contribution in [3.63, 3.8) is 0 Å². The molecule has 6 heteroatoms. The van der Waals surface area contributed by atoms with E-state index in [4.69, 9.17) is 10.8 Å². The van der Waals surface area contributed by atoms with Gasteiger partial charge in [-0.1, -0.05) is 6.07 Å². The lowest BCUT2D eigenvalue weighted by molar-refractivity contribution is -0.137. The highest BCUT2D eigenvalue weighted by atomic mass is 16.4. The molecule has 104 valence electrons. The van der Waals surface area contributed by atoms with Gasteiger partial charge < -0.3 is 16.2 Å². The quantitative estimate of drug-likeness (QED) is 0.667. The monoisotopic (exact) mass is 265 g/mol. The van der Waals surface area contributed by atoms with Gasteiger partial charge >= 0.3 is 5.97 Å². The van der Waals surface area contributed by atoms with E-state index in [-0.39, 0.29) is 12.3 Å². The number of hydrogen-bond donors (Lipinski definition) is 3. The Bertz CT molecular complexity index is 462. The van der Waals surface area contributed by atoms with E-state index in [0.717, 1.165) is 0 Å². The molecule has 0 aliphatic heterocycles. The van der Waals surface area contributed by atoms with E-state index in [2.05, 4.69) is 5.32 Å². The molecule has 0 heterocycles. The van der Waals surface area contributed by atoms with Crippen LogP contribution in [0.2, 0.25) is 0 Å². The van der Waals surface area contributed by atoms with Gasteiger partial charge in [0.25, 0.3) is 0 Å². The maximum Gasteiger partial charge on any atom is 0.304 e. The molecule has 0 bridgehead atoms. The molecule has 1 amide bonds. The first-order valence-electron chi connectivity index (χ1n) is 5.98. The lowest BCUT2D eigenvalue weighted by Crippen LogP contribution is -2.40. The molecule has 0 aliphatic carbocycles. The molecule has 1 atom stereocenters. The van der Waals surface area contributed by atoms with Crippen LogP contribution in [0, 0.1) is 0 Å². The second-order valence-electron chi connectivity index (χ2n) is 4.42. The van der Waals surface area contributed by atoms with Crippen LogP contribution in [-0.2, 0) is 9.59 Å². The number of amides is 1. The van der Waals surface area contributed by atoms with Crippen LogP contribution in [-0.4, -0.2) is 41.5 Å². The van der Waals surface area contributed by atoms with Crippen molar-refractivity contribution in [2.45, 2.75) is 19.4 Å². The third kappa shape index (κ3) is 4.97. The van der Waals surface area contributed by atoms with Gasteiger partial charge in [0, 0.05) is 17.9 Å². The van der Waals surface area contributed by atoms with Gasteiger partial charge in [-0.05, 0) is 32.2 Å². The summed E-state index contributed by atoms with van der Waals surface area (Å²) in [6.07, 6.45) is 0.00635. The zero-order valence-electron chi connectivity index (χ0n) is 11.1. The number of aliphatic carboxylic acids is 1. The number of likely N-dealkylation sites (N-methyl/N-ethyl adjacent to an activating group) is 1. The van der Waals surface area contributed by atoms with Crippen molar-refractivity contribution in [1.29, 1.82) is 0 Å². The van der Waals surface area contributed by atoms with Crippen LogP contribution in [0.25, 0.3) is 0 Å². The summed E-state index contributed by atoms with van der Waals surface area (Å²) in [4.78, 5) is 24.1. The van der Waals surface area contributed by atoms with Gasteiger partial charge in [-0.3, -0.25) is 14.5 Å². The summed E-state index contributed by atoms with van der Waals surface area (Å²) in [6.45, 7) is 2.05. The fourth-order valence-electron chi connectivity index (χ4n) is 1.53. The van der Waals surface area contributed by atoms with Gasteiger partial charge in [0.05, 0.1) is 12.5 Å². The summed E-state index contributed by atoms with van der Waals surface area (Å²) in [5.41, 5.74) is 6.83. The van der Waals surface area contributed by atoms with Gasteiger partial charge in [0.15, 0.2) is 0 Å². The van der Waals surface area contributed by atoms with E-state index in [1.807, 2.05) is 0 Å². The lowest BCUT2D eigenvalue weighted by Gasteiger charge is -2.23. The Balaban J connectivity index is 2.54. The molecule has 19 heavy (non-hydrogen) atoms. The smallest absolute Gasteiger partial charge is 0.304 e. The number of nitrogen functional groups attached to an aromatic ring is 1. The molecule has 1 aromatic rings. The second kappa shape index (κ2) is 6.75. The predicted octanol–water partition coefficient (Wildman–Crippen LogP) is 1.00. The highest BCUT2D eigenvalue weighted by Crippen LogP contribution is 2.12. The summed E-state index contributed by atoms with van der Waals surface area (Å²) in [5, 5.41) is 11.4. The molecule has 0 saturated carbocycles. The molecule has 4 N–H and O–H groups in total. The first-order chi connectivity index (χ1) is 8.90. The molecule has 1 unspecified atom stereocenters. The fourth-order valence-corrected chi connectivity index (χ4v) is 1.53. The van der Waals surface area contributed by atoms with Crippen LogP contribution in [0.5, 0.6) is 0 Å². The molecule has 1 aromatic carbocycles. The van der Waals surface area contributed by atoms with Crippen LogP contribution >= 0.6 is 0 Å². The fraction of sp³-hybridized carbons (Fsp3) is 0.385. The average Bonchev–Trinajstić information content (AvgIpc) is 2.34. The van der Waals surface area contributed by atoms with Gasteiger partial charge in [-0.25, -0.2) is 0 Å². The number of nitrogens with two attached hydrogens (primary N) is 1. The van der Waals surface area contributed by atoms with Gasteiger partial charge in [-0.2, -0.15) is 0 Å². The van der Waals surface area contributed by atoms with Crippen molar-refractivity contribution in [1.82, 2.24) is 4.90 Å². The van der Waals surface area contributed by atoms with E-state index in [1.54, 1.807) is 43.1 Å². The largest absolute Gasteiger partial charge is 0.481 e. The van der Waals surface area contributed by atoms with E-state index in [1.165, 1.54) is 0 Å². The van der Waals surface area contributed by atoms with Crippen molar-refractivity contribution in [2.24, 2.45) is 0 Å². The molecule has 1 rings (SSSR count). The van der Waals surface area contributed by atoms with Crippen molar-refractivity contribution in [3.05, 3.63) is 24.3 Å². The summed E-state index contributed by atoms with van der Waals surface area (Å²) >= 11 is 0. The third-order valence-corrected chi connectivity index (χ3v) is 2.87. The first kappa shape index (κ1) is 15.0. The standard InChI is InChI=1S/C13H19N3O3/c1-9(16(2)7-6-12(17)18)13(19)15-11-5-3-4-10(14)8-11/h3-5,8-9H,6-7,14H2,1-2H3,(H,15,19)(H,17,18). The molecule has 0 aromatic heterocycles. The predicted molar refractivity (Wildman–Crippen MR) is 73.8 cm³/mol. The Labute approximate surface area is 112 Å². The van der Waals surface area contributed by atoms with E-state index in [9.17, 15) is 9.59 Å². The molecular weight excluding hydrogens is 246 g/mol. The topological polar surface area (TPSA) is 95.7 Å². The van der Waals surface area contributed by atoms with Crippen molar-refractivity contribution < 1.29 is 14.7 Å². The number of nitrogens with one attached hydrogen (secondary N) is 1. The van der Waals surface area contributed by atoms with Crippen LogP contribution in [0.3, 0.4) is 0 Å². The molecule has 0 spiro atoms. The minimum atomic E-state index is -0.879. The normalized spacial score (nSPS) is 12.2. The Morgan fingerprint density at radius 1 is 1.47 bits per heavy atom. The molecule has 0 radical (unpaired) electrons. The number of rotatable bonds is 6. The van der Waals surface area contributed by atoms with Crippen LogP contribution in [0.4, 0.5) is 11.4 Å². The number of anilines is 2. The highest BCUT2D eigenvalue weighted by Gasteiger charge is 2.18. The Morgan fingerprint density at radius 2 is 2.16 bits per heavy atom. The third-order valence-electron chi connectivity index (χ3n) is 2.87. The van der Waals surface area contributed by atoms with Crippen LogP contribution < -0.4 is 11.1 Å². The van der Waals surface area contributed by atoms with Gasteiger partial charge in [0.1, 0.15) is 0 Å². The summed E-state index contributed by atoms with van der Waals surface area (Å²) in [7, 11) is 1.71. The minimum Gasteiger partial charge on any atom is -0.481 e. The molecular formula is C13H19N3O3. The molecule has 0 saturated heterocycles. The number of benzene rings is 1. The number of carbonyl (C=O) groups is 2. The van der Waals surface area contributed by atoms with Crippen LogP contribution in [0.1, 0.15) is 13.3 Å². The zero-order chi connectivity index (χ0) is 14.4. The summed E-state index contributed by atoms with van der Waals surface area (Å²) in [5.74, 6) is -1.08. The Hall–Kier alpha value is -2.08. The minimum absolute atomic E-state index is 0.00635. The highest BCUT2D eigenvalue weighted by molar-refractivity contribution is 5.94. The Kier molecular flexibility index (Phi) is 5.32. The van der Waals surface area contributed by atoms with Gasteiger partial charge in [0.2, 0.25) is 5.91 Å². The number of hydrogen-bond acceptors (Lipinski definition) is 4. The molecule has 6 nitrogen and oxygen atoms in total. The lowest BCUT2D eigenvalue weighted by atomic mass is 10.2. The van der Waals surface area contributed by atoms with Crippen molar-refractivity contribution >= 4 is 23.3 Å².